The Morgan fingerprint density at radius 2 is 1.67 bits per heavy atom. The van der Waals surface area contributed by atoms with E-state index < -0.39 is 11.7 Å². The third-order valence-electron chi connectivity index (χ3n) is 8.27. The van der Waals surface area contributed by atoms with Crippen LogP contribution in [0.5, 0.6) is 0 Å². The molecule has 1 aliphatic rings. The number of benzene rings is 3. The molecule has 1 aliphatic heterocycles. The first-order valence-corrected chi connectivity index (χ1v) is 16.2. The van der Waals surface area contributed by atoms with Crippen LogP contribution in [0.2, 0.25) is 0 Å². The van der Waals surface area contributed by atoms with Crippen molar-refractivity contribution in [1.82, 2.24) is 9.97 Å². The number of Topliss-reactive ketones (excluding diaryl/α,β-unsaturated/α-hetero) is 1. The summed E-state index contributed by atoms with van der Waals surface area (Å²) in [5.41, 5.74) is 4.07. The predicted octanol–water partition coefficient (Wildman–Crippen LogP) is 7.16. The van der Waals surface area contributed by atoms with Gasteiger partial charge in [0.05, 0.1) is 30.2 Å². The van der Waals surface area contributed by atoms with Crippen LogP contribution >= 0.6 is 0 Å². The number of aliphatic hydroxyl groups excluding tert-OH is 1. The minimum Gasteiger partial charge on any atom is -0.394 e. The van der Waals surface area contributed by atoms with Crippen molar-refractivity contribution in [2.45, 2.75) is 51.1 Å². The first-order valence-electron chi connectivity index (χ1n) is 16.2. The number of aromatic nitrogens is 2. The fourth-order valence-electron chi connectivity index (χ4n) is 5.73. The predicted molar refractivity (Wildman–Crippen MR) is 178 cm³/mol. The maximum Gasteiger partial charge on any atom is 0.416 e. The molecule has 1 amide bonds. The Bertz CT molecular complexity index is 1710. The molecule has 0 spiro atoms. The molecule has 8 nitrogen and oxygen atoms in total. The van der Waals surface area contributed by atoms with Gasteiger partial charge in [0, 0.05) is 54.2 Å². The monoisotopic (exact) mass is 660 g/mol. The minimum atomic E-state index is -4.41. The van der Waals surface area contributed by atoms with E-state index in [4.69, 9.17) is 9.84 Å². The van der Waals surface area contributed by atoms with Crippen molar-refractivity contribution in [3.05, 3.63) is 107 Å². The van der Waals surface area contributed by atoms with Gasteiger partial charge in [-0.15, -0.1) is 0 Å². The highest BCUT2D eigenvalue weighted by Gasteiger charge is 2.30. The fraction of sp³-hybridized carbons (Fsp3) is 0.351. The topological polar surface area (TPSA) is 105 Å². The van der Waals surface area contributed by atoms with Crippen molar-refractivity contribution in [1.29, 1.82) is 0 Å². The van der Waals surface area contributed by atoms with Crippen LogP contribution in [0.25, 0.3) is 11.3 Å². The SMILES string of the molecule is O=C(CCCOCCO)c1cccc(C(=O)Nc2ccc(N3CCCCC3)cc2-c2cc(CCc3cccc(C(F)(F)F)c3)ncn2)c1. The Morgan fingerprint density at radius 3 is 2.46 bits per heavy atom. The number of hydrogen-bond acceptors (Lipinski definition) is 7. The minimum absolute atomic E-state index is 0.0739. The lowest BCUT2D eigenvalue weighted by Gasteiger charge is -2.29. The molecule has 48 heavy (non-hydrogen) atoms. The van der Waals surface area contributed by atoms with E-state index in [9.17, 15) is 22.8 Å². The molecule has 11 heteroatoms. The second-order valence-corrected chi connectivity index (χ2v) is 11.8. The normalized spacial score (nSPS) is 13.4. The molecule has 2 heterocycles. The van der Waals surface area contributed by atoms with Crippen LogP contribution < -0.4 is 10.2 Å². The average Bonchev–Trinajstić information content (AvgIpc) is 3.11. The molecule has 252 valence electrons. The van der Waals surface area contributed by atoms with Gasteiger partial charge in [0.2, 0.25) is 0 Å². The molecule has 0 aliphatic carbocycles. The molecular formula is C37H39F3N4O4. The molecular weight excluding hydrogens is 621 g/mol. The van der Waals surface area contributed by atoms with E-state index in [0.717, 1.165) is 43.8 Å². The van der Waals surface area contributed by atoms with Crippen LogP contribution in [0, 0.1) is 0 Å². The maximum atomic E-state index is 13.5. The van der Waals surface area contributed by atoms with Crippen LogP contribution in [-0.2, 0) is 23.8 Å². The number of ether oxygens (including phenoxy) is 1. The molecule has 2 N–H and O–H groups in total. The van der Waals surface area contributed by atoms with E-state index in [1.165, 1.54) is 18.8 Å². The number of alkyl halides is 3. The number of carbonyl (C=O) groups is 2. The van der Waals surface area contributed by atoms with E-state index in [-0.39, 0.29) is 31.3 Å². The average molecular weight is 661 g/mol. The number of nitrogens with zero attached hydrogens (tertiary/aromatic N) is 3. The van der Waals surface area contributed by atoms with E-state index in [1.807, 2.05) is 24.3 Å². The highest BCUT2D eigenvalue weighted by atomic mass is 19.4. The summed E-state index contributed by atoms with van der Waals surface area (Å²) in [5.74, 6) is -0.496. The molecule has 0 atom stereocenters. The van der Waals surface area contributed by atoms with E-state index in [2.05, 4.69) is 20.2 Å². The number of aliphatic hydroxyl groups is 1. The number of aryl methyl sites for hydroxylation is 2. The van der Waals surface area contributed by atoms with Crippen LogP contribution in [-0.4, -0.2) is 59.7 Å². The van der Waals surface area contributed by atoms with Gasteiger partial charge in [-0.3, -0.25) is 9.59 Å². The first kappa shape index (κ1) is 34.7. The molecule has 1 aromatic heterocycles. The van der Waals surface area contributed by atoms with E-state index in [0.29, 0.717) is 65.2 Å². The lowest BCUT2D eigenvalue weighted by atomic mass is 10.0. The standard InChI is InChI=1S/C37H39F3N4O4/c38-37(39,40)29-10-4-7-26(21-29)12-13-30-23-34(42-25-41-30)32-24-31(44-16-2-1-3-17-44)14-15-33(32)43-36(47)28-9-5-8-27(22-28)35(46)11-6-19-48-20-18-45/h4-5,7-10,14-15,21-25,45H,1-3,6,11-13,16-20H2,(H,43,47). The molecule has 1 fully saturated rings. The molecule has 0 unspecified atom stereocenters. The Labute approximate surface area is 278 Å². The van der Waals surface area contributed by atoms with Gasteiger partial charge in [0.15, 0.2) is 5.78 Å². The van der Waals surface area contributed by atoms with E-state index >= 15 is 0 Å². The molecule has 4 aromatic rings. The number of piperidine rings is 1. The van der Waals surface area contributed by atoms with Crippen molar-refractivity contribution < 1.29 is 32.6 Å². The Balaban J connectivity index is 1.36. The number of ketones is 1. The van der Waals surface area contributed by atoms with Gasteiger partial charge < -0.3 is 20.1 Å². The zero-order chi connectivity index (χ0) is 33.9. The summed E-state index contributed by atoms with van der Waals surface area (Å²) in [6, 6.07) is 19.5. The van der Waals surface area contributed by atoms with Crippen molar-refractivity contribution in [2.75, 3.05) is 43.1 Å². The Morgan fingerprint density at radius 1 is 0.875 bits per heavy atom. The Kier molecular flexibility index (Phi) is 11.9. The third-order valence-corrected chi connectivity index (χ3v) is 8.27. The second-order valence-electron chi connectivity index (χ2n) is 11.8. The number of carbonyl (C=O) groups excluding carboxylic acids is 2. The molecule has 5 rings (SSSR count). The number of anilines is 2. The summed E-state index contributed by atoms with van der Waals surface area (Å²) in [6.07, 6.45) is 1.90. The summed E-state index contributed by atoms with van der Waals surface area (Å²) >= 11 is 0. The molecule has 0 bridgehead atoms. The van der Waals surface area contributed by atoms with Gasteiger partial charge in [0.25, 0.3) is 5.91 Å². The van der Waals surface area contributed by atoms with Crippen LogP contribution in [0.4, 0.5) is 24.5 Å². The fourth-order valence-corrected chi connectivity index (χ4v) is 5.73. The van der Waals surface area contributed by atoms with Gasteiger partial charge >= 0.3 is 6.18 Å². The highest BCUT2D eigenvalue weighted by molar-refractivity contribution is 6.08. The highest BCUT2D eigenvalue weighted by Crippen LogP contribution is 2.33. The van der Waals surface area contributed by atoms with Crippen LogP contribution in [0.1, 0.15) is 69.6 Å². The maximum absolute atomic E-state index is 13.5. The number of amides is 1. The molecule has 3 aromatic carbocycles. The van der Waals surface area contributed by atoms with E-state index in [1.54, 1.807) is 30.3 Å². The number of rotatable bonds is 14. The second kappa shape index (κ2) is 16.5. The smallest absolute Gasteiger partial charge is 0.394 e. The summed E-state index contributed by atoms with van der Waals surface area (Å²) in [7, 11) is 0. The largest absolute Gasteiger partial charge is 0.416 e. The molecule has 1 saturated heterocycles. The molecule has 0 saturated carbocycles. The van der Waals surface area contributed by atoms with Gasteiger partial charge in [-0.2, -0.15) is 13.2 Å². The third kappa shape index (κ3) is 9.48. The quantitative estimate of drug-likeness (QED) is 0.109. The number of nitrogens with one attached hydrogen (secondary N) is 1. The first-order chi connectivity index (χ1) is 23.2. The van der Waals surface area contributed by atoms with Gasteiger partial charge in [-0.05, 0) is 86.6 Å². The van der Waals surface area contributed by atoms with Gasteiger partial charge in [-0.1, -0.05) is 30.3 Å². The molecule has 0 radical (unpaired) electrons. The van der Waals surface area contributed by atoms with Crippen molar-refractivity contribution >= 4 is 23.1 Å². The Hall–Kier alpha value is -4.61. The van der Waals surface area contributed by atoms with Crippen molar-refractivity contribution in [2.24, 2.45) is 0 Å². The lowest BCUT2D eigenvalue weighted by molar-refractivity contribution is -0.137. The summed E-state index contributed by atoms with van der Waals surface area (Å²) in [6.45, 7) is 2.35. The lowest BCUT2D eigenvalue weighted by Crippen LogP contribution is -2.29. The van der Waals surface area contributed by atoms with Crippen molar-refractivity contribution in [3.63, 3.8) is 0 Å². The number of halogens is 3. The zero-order valence-electron chi connectivity index (χ0n) is 26.6. The zero-order valence-corrected chi connectivity index (χ0v) is 26.6. The summed E-state index contributed by atoms with van der Waals surface area (Å²) in [5, 5.41) is 11.8. The summed E-state index contributed by atoms with van der Waals surface area (Å²) in [4.78, 5) is 37.5. The van der Waals surface area contributed by atoms with Gasteiger partial charge in [-0.25, -0.2) is 9.97 Å². The van der Waals surface area contributed by atoms with Gasteiger partial charge in [0.1, 0.15) is 6.33 Å². The van der Waals surface area contributed by atoms with Crippen LogP contribution in [0.15, 0.2) is 79.1 Å². The summed E-state index contributed by atoms with van der Waals surface area (Å²) < 4.78 is 44.9. The number of hydrogen-bond donors (Lipinski definition) is 2. The van der Waals surface area contributed by atoms with Crippen LogP contribution in [0.3, 0.4) is 0 Å². The van der Waals surface area contributed by atoms with Crippen molar-refractivity contribution in [3.8, 4) is 11.3 Å².